The van der Waals surface area contributed by atoms with Gasteiger partial charge in [0, 0.05) is 21.6 Å². The van der Waals surface area contributed by atoms with Gasteiger partial charge in [-0.15, -0.1) is 0 Å². The average Bonchev–Trinajstić information content (AvgIpc) is 2.47. The van der Waals surface area contributed by atoms with Crippen LogP contribution in [-0.4, -0.2) is 7.11 Å². The molecule has 0 aliphatic carbocycles. The molecule has 0 heterocycles. The van der Waals surface area contributed by atoms with Crippen LogP contribution in [0.25, 0.3) is 0 Å². The third-order valence-corrected chi connectivity index (χ3v) is 4.07. The Morgan fingerprint density at radius 1 is 1.19 bits per heavy atom. The zero-order valence-corrected chi connectivity index (χ0v) is 14.1. The molecule has 0 spiro atoms. The minimum Gasteiger partial charge on any atom is -0.497 e. The molecule has 2 N–H and O–H groups in total. The second-order valence-corrected chi connectivity index (χ2v) is 5.93. The zero-order chi connectivity index (χ0) is 15.4. The number of hydrogen-bond acceptors (Lipinski definition) is 3. The van der Waals surface area contributed by atoms with E-state index in [1.807, 2.05) is 44.2 Å². The molecule has 2 rings (SSSR count). The molecule has 4 heteroatoms. The van der Waals surface area contributed by atoms with Crippen LogP contribution in [0.5, 0.6) is 11.5 Å². The Balaban J connectivity index is 2.20. The van der Waals surface area contributed by atoms with Crippen LogP contribution in [0.2, 0.25) is 0 Å². The van der Waals surface area contributed by atoms with Crippen LogP contribution in [0.15, 0.2) is 40.9 Å². The van der Waals surface area contributed by atoms with Gasteiger partial charge in [-0.05, 0) is 38.1 Å². The van der Waals surface area contributed by atoms with E-state index in [2.05, 4.69) is 22.0 Å². The summed E-state index contributed by atoms with van der Waals surface area (Å²) in [7, 11) is 1.65. The normalized spacial score (nSPS) is 12.0. The summed E-state index contributed by atoms with van der Waals surface area (Å²) in [4.78, 5) is 0. The van der Waals surface area contributed by atoms with Crippen molar-refractivity contribution in [2.45, 2.75) is 26.5 Å². The molecule has 1 atom stereocenters. The molecule has 0 radical (unpaired) electrons. The van der Waals surface area contributed by atoms with Gasteiger partial charge in [0.15, 0.2) is 0 Å². The molecule has 0 aromatic heterocycles. The standard InChI is InChI=1S/C17H20BrNO2/c1-11-4-7-17(15(8-11)12(2)19)21-10-13-9-14(20-3)5-6-16(13)18/h4-9,12H,10,19H2,1-3H3. The number of rotatable bonds is 5. The van der Waals surface area contributed by atoms with Crippen molar-refractivity contribution < 1.29 is 9.47 Å². The molecule has 2 aromatic rings. The second kappa shape index (κ2) is 6.96. The van der Waals surface area contributed by atoms with Gasteiger partial charge in [0.05, 0.1) is 7.11 Å². The fraction of sp³-hybridized carbons (Fsp3) is 0.294. The Hall–Kier alpha value is -1.52. The number of aryl methyl sites for hydroxylation is 1. The van der Waals surface area contributed by atoms with Crippen LogP contribution in [0.4, 0.5) is 0 Å². The first-order chi connectivity index (χ1) is 10.0. The van der Waals surface area contributed by atoms with Crippen LogP contribution in [-0.2, 0) is 6.61 Å². The van der Waals surface area contributed by atoms with Crippen LogP contribution in [0.1, 0.15) is 29.7 Å². The Morgan fingerprint density at radius 3 is 2.62 bits per heavy atom. The van der Waals surface area contributed by atoms with E-state index in [0.717, 1.165) is 27.1 Å². The molecule has 2 aromatic carbocycles. The highest BCUT2D eigenvalue weighted by atomic mass is 79.9. The summed E-state index contributed by atoms with van der Waals surface area (Å²) in [5.74, 6) is 1.64. The Bertz CT molecular complexity index is 626. The summed E-state index contributed by atoms with van der Waals surface area (Å²) in [5.41, 5.74) is 9.25. The van der Waals surface area contributed by atoms with Crippen molar-refractivity contribution >= 4 is 15.9 Å². The van der Waals surface area contributed by atoms with Crippen molar-refractivity contribution in [1.29, 1.82) is 0 Å². The SMILES string of the molecule is COc1ccc(Br)c(COc2ccc(C)cc2C(C)N)c1. The zero-order valence-electron chi connectivity index (χ0n) is 12.5. The lowest BCUT2D eigenvalue weighted by molar-refractivity contribution is 0.299. The highest BCUT2D eigenvalue weighted by molar-refractivity contribution is 9.10. The molecule has 21 heavy (non-hydrogen) atoms. The van der Waals surface area contributed by atoms with Crippen molar-refractivity contribution in [1.82, 2.24) is 0 Å². The quantitative estimate of drug-likeness (QED) is 0.871. The third kappa shape index (κ3) is 3.99. The molecule has 0 aliphatic heterocycles. The van der Waals surface area contributed by atoms with E-state index < -0.39 is 0 Å². The summed E-state index contributed by atoms with van der Waals surface area (Å²) in [5, 5.41) is 0. The molecule has 0 saturated carbocycles. The lowest BCUT2D eigenvalue weighted by Crippen LogP contribution is -2.08. The van der Waals surface area contributed by atoms with Crippen LogP contribution in [0.3, 0.4) is 0 Å². The number of benzene rings is 2. The van der Waals surface area contributed by atoms with Gasteiger partial charge < -0.3 is 15.2 Å². The van der Waals surface area contributed by atoms with Crippen LogP contribution >= 0.6 is 15.9 Å². The van der Waals surface area contributed by atoms with Crippen molar-refractivity contribution in [3.63, 3.8) is 0 Å². The molecule has 112 valence electrons. The molecule has 1 unspecified atom stereocenters. The molecular formula is C17H20BrNO2. The highest BCUT2D eigenvalue weighted by Crippen LogP contribution is 2.28. The smallest absolute Gasteiger partial charge is 0.124 e. The van der Waals surface area contributed by atoms with E-state index in [1.54, 1.807) is 7.11 Å². The van der Waals surface area contributed by atoms with E-state index in [-0.39, 0.29) is 6.04 Å². The third-order valence-electron chi connectivity index (χ3n) is 3.29. The monoisotopic (exact) mass is 349 g/mol. The van der Waals surface area contributed by atoms with Crippen LogP contribution < -0.4 is 15.2 Å². The topological polar surface area (TPSA) is 44.5 Å². The molecule has 0 amide bonds. The fourth-order valence-electron chi connectivity index (χ4n) is 2.10. The van der Waals surface area contributed by atoms with Gasteiger partial charge >= 0.3 is 0 Å². The highest BCUT2D eigenvalue weighted by Gasteiger charge is 2.10. The maximum absolute atomic E-state index is 6.02. The van der Waals surface area contributed by atoms with Gasteiger partial charge in [-0.3, -0.25) is 0 Å². The lowest BCUT2D eigenvalue weighted by Gasteiger charge is -2.15. The lowest BCUT2D eigenvalue weighted by atomic mass is 10.1. The van der Waals surface area contributed by atoms with Crippen LogP contribution in [0, 0.1) is 6.92 Å². The molecule has 0 bridgehead atoms. The summed E-state index contributed by atoms with van der Waals surface area (Å²) >= 11 is 3.53. The van der Waals surface area contributed by atoms with Gasteiger partial charge in [0.2, 0.25) is 0 Å². The Morgan fingerprint density at radius 2 is 1.95 bits per heavy atom. The molecule has 0 aliphatic rings. The summed E-state index contributed by atoms with van der Waals surface area (Å²) in [6.07, 6.45) is 0. The average molecular weight is 350 g/mol. The predicted molar refractivity (Wildman–Crippen MR) is 88.8 cm³/mol. The van der Waals surface area contributed by atoms with Gasteiger partial charge in [-0.2, -0.15) is 0 Å². The van der Waals surface area contributed by atoms with E-state index in [1.165, 1.54) is 5.56 Å². The predicted octanol–water partition coefficient (Wildman–Crippen LogP) is 4.36. The summed E-state index contributed by atoms with van der Waals surface area (Å²) < 4.78 is 12.2. The van der Waals surface area contributed by atoms with Crippen molar-refractivity contribution in [3.8, 4) is 11.5 Å². The first-order valence-electron chi connectivity index (χ1n) is 6.82. The Kier molecular flexibility index (Phi) is 5.26. The van der Waals surface area contributed by atoms with Gasteiger partial charge in [-0.25, -0.2) is 0 Å². The first kappa shape index (κ1) is 15.9. The van der Waals surface area contributed by atoms with Gasteiger partial charge in [0.25, 0.3) is 0 Å². The summed E-state index contributed by atoms with van der Waals surface area (Å²) in [6.45, 7) is 4.47. The van der Waals surface area contributed by atoms with Crippen molar-refractivity contribution in [2.75, 3.05) is 7.11 Å². The number of methoxy groups -OCH3 is 1. The minimum atomic E-state index is -0.0614. The number of halogens is 1. The van der Waals surface area contributed by atoms with Crippen molar-refractivity contribution in [3.05, 3.63) is 57.6 Å². The number of nitrogens with two attached hydrogens (primary N) is 1. The largest absolute Gasteiger partial charge is 0.497 e. The van der Waals surface area contributed by atoms with E-state index in [0.29, 0.717) is 6.61 Å². The fourth-order valence-corrected chi connectivity index (χ4v) is 2.46. The van der Waals surface area contributed by atoms with E-state index in [9.17, 15) is 0 Å². The summed E-state index contributed by atoms with van der Waals surface area (Å²) in [6, 6.07) is 11.8. The second-order valence-electron chi connectivity index (χ2n) is 5.08. The number of hydrogen-bond donors (Lipinski definition) is 1. The molecule has 0 saturated heterocycles. The maximum atomic E-state index is 6.02. The first-order valence-corrected chi connectivity index (χ1v) is 7.62. The van der Waals surface area contributed by atoms with E-state index >= 15 is 0 Å². The molecular weight excluding hydrogens is 330 g/mol. The van der Waals surface area contributed by atoms with Crippen molar-refractivity contribution in [2.24, 2.45) is 5.73 Å². The number of ether oxygens (including phenoxy) is 2. The maximum Gasteiger partial charge on any atom is 0.124 e. The van der Waals surface area contributed by atoms with Gasteiger partial charge in [-0.1, -0.05) is 33.6 Å². The molecule has 0 fully saturated rings. The minimum absolute atomic E-state index is 0.0614. The van der Waals surface area contributed by atoms with Gasteiger partial charge in [0.1, 0.15) is 18.1 Å². The van der Waals surface area contributed by atoms with E-state index in [4.69, 9.17) is 15.2 Å². The Labute approximate surface area is 134 Å². The molecule has 3 nitrogen and oxygen atoms in total.